The van der Waals surface area contributed by atoms with Crippen LogP contribution in [-0.4, -0.2) is 16.0 Å². The van der Waals surface area contributed by atoms with E-state index in [0.29, 0.717) is 17.6 Å². The van der Waals surface area contributed by atoms with Crippen LogP contribution in [0.2, 0.25) is 0 Å². The lowest BCUT2D eigenvalue weighted by Crippen LogP contribution is -2.16. The first-order valence-corrected chi connectivity index (χ1v) is 4.87. The fourth-order valence-corrected chi connectivity index (χ4v) is 1.71. The summed E-state index contributed by atoms with van der Waals surface area (Å²) in [6.07, 6.45) is 8.06. The van der Waals surface area contributed by atoms with Gasteiger partial charge in [-0.25, -0.2) is 9.97 Å². The van der Waals surface area contributed by atoms with E-state index in [0.717, 1.165) is 0 Å². The van der Waals surface area contributed by atoms with E-state index < -0.39 is 0 Å². The molecule has 0 unspecified atom stereocenters. The third-order valence-corrected chi connectivity index (χ3v) is 2.47. The van der Waals surface area contributed by atoms with Crippen molar-refractivity contribution in [2.45, 2.75) is 31.7 Å². The normalized spacial score (nSPS) is 16.5. The van der Waals surface area contributed by atoms with E-state index in [9.17, 15) is 0 Å². The molecule has 0 aromatic carbocycles. The van der Waals surface area contributed by atoms with Crippen molar-refractivity contribution in [1.29, 1.82) is 5.26 Å². The van der Waals surface area contributed by atoms with Gasteiger partial charge in [-0.15, -0.1) is 0 Å². The average Bonchev–Trinajstić information content (AvgIpc) is 2.72. The number of rotatable bonds is 2. The lowest BCUT2D eigenvalue weighted by atomic mass is 10.2. The maximum atomic E-state index is 8.56. The van der Waals surface area contributed by atoms with E-state index in [2.05, 4.69) is 15.3 Å². The van der Waals surface area contributed by atoms with Gasteiger partial charge < -0.3 is 5.32 Å². The van der Waals surface area contributed by atoms with Crippen molar-refractivity contribution >= 4 is 5.95 Å². The lowest BCUT2D eigenvalue weighted by molar-refractivity contribution is 0.744. The zero-order valence-corrected chi connectivity index (χ0v) is 7.90. The van der Waals surface area contributed by atoms with Crippen molar-refractivity contribution in [2.75, 3.05) is 5.32 Å². The summed E-state index contributed by atoms with van der Waals surface area (Å²) in [6, 6.07) is 2.51. The molecule has 0 saturated heterocycles. The summed E-state index contributed by atoms with van der Waals surface area (Å²) in [7, 11) is 0. The van der Waals surface area contributed by atoms with Gasteiger partial charge in [-0.1, -0.05) is 12.8 Å². The Hall–Kier alpha value is -1.63. The molecule has 0 aliphatic heterocycles. The van der Waals surface area contributed by atoms with Gasteiger partial charge in [-0.2, -0.15) is 5.26 Å². The van der Waals surface area contributed by atoms with Crippen LogP contribution < -0.4 is 5.32 Å². The van der Waals surface area contributed by atoms with Crippen LogP contribution in [0.25, 0.3) is 0 Å². The van der Waals surface area contributed by atoms with Gasteiger partial charge in [0.15, 0.2) is 0 Å². The van der Waals surface area contributed by atoms with Gasteiger partial charge in [-0.3, -0.25) is 0 Å². The first-order valence-electron chi connectivity index (χ1n) is 4.87. The number of anilines is 1. The summed E-state index contributed by atoms with van der Waals surface area (Å²) in [5, 5.41) is 11.8. The third-order valence-electron chi connectivity index (χ3n) is 2.47. The second kappa shape index (κ2) is 4.05. The van der Waals surface area contributed by atoms with Crippen LogP contribution in [0, 0.1) is 11.3 Å². The van der Waals surface area contributed by atoms with Crippen molar-refractivity contribution in [3.63, 3.8) is 0 Å². The fourth-order valence-electron chi connectivity index (χ4n) is 1.71. The molecule has 1 aromatic rings. The number of nitrogens with one attached hydrogen (secondary N) is 1. The Morgan fingerprint density at radius 3 is 2.50 bits per heavy atom. The maximum absolute atomic E-state index is 8.56. The SMILES string of the molecule is N#Cc1cnc(NC2CCCC2)nc1. The van der Waals surface area contributed by atoms with Gasteiger partial charge >= 0.3 is 0 Å². The molecule has 0 bridgehead atoms. The molecule has 0 atom stereocenters. The Bertz CT molecular complexity index is 332. The van der Waals surface area contributed by atoms with Crippen LogP contribution in [0.15, 0.2) is 12.4 Å². The molecule has 1 aliphatic rings. The van der Waals surface area contributed by atoms with Gasteiger partial charge in [-0.05, 0) is 12.8 Å². The Balaban J connectivity index is 1.99. The number of nitriles is 1. The maximum Gasteiger partial charge on any atom is 0.222 e. The van der Waals surface area contributed by atoms with E-state index in [-0.39, 0.29) is 0 Å². The standard InChI is InChI=1S/C10H12N4/c11-5-8-6-12-10(13-7-8)14-9-3-1-2-4-9/h6-7,9H,1-4H2,(H,12,13,14). The predicted molar refractivity (Wildman–Crippen MR) is 52.6 cm³/mol. The van der Waals surface area contributed by atoms with Crippen LogP contribution in [0.3, 0.4) is 0 Å². The van der Waals surface area contributed by atoms with Gasteiger partial charge in [0, 0.05) is 6.04 Å². The number of aromatic nitrogens is 2. The molecular formula is C10H12N4. The molecule has 1 aromatic heterocycles. The number of hydrogen-bond donors (Lipinski definition) is 1. The minimum Gasteiger partial charge on any atom is -0.351 e. The number of nitrogens with zero attached hydrogens (tertiary/aromatic N) is 3. The Labute approximate surface area is 83.0 Å². The molecular weight excluding hydrogens is 176 g/mol. The average molecular weight is 188 g/mol. The lowest BCUT2D eigenvalue weighted by Gasteiger charge is -2.10. The van der Waals surface area contributed by atoms with Gasteiger partial charge in [0.1, 0.15) is 6.07 Å². The van der Waals surface area contributed by atoms with Crippen molar-refractivity contribution in [3.8, 4) is 6.07 Å². The van der Waals surface area contributed by atoms with Crippen molar-refractivity contribution in [2.24, 2.45) is 0 Å². The van der Waals surface area contributed by atoms with Crippen molar-refractivity contribution in [3.05, 3.63) is 18.0 Å². The van der Waals surface area contributed by atoms with Crippen LogP contribution in [-0.2, 0) is 0 Å². The molecule has 14 heavy (non-hydrogen) atoms. The van der Waals surface area contributed by atoms with Crippen LogP contribution >= 0.6 is 0 Å². The zero-order chi connectivity index (χ0) is 9.80. The first-order chi connectivity index (χ1) is 6.88. The molecule has 1 N–H and O–H groups in total. The van der Waals surface area contributed by atoms with Gasteiger partial charge in [0.2, 0.25) is 5.95 Å². The van der Waals surface area contributed by atoms with Crippen LogP contribution in [0.5, 0.6) is 0 Å². The van der Waals surface area contributed by atoms with E-state index in [1.54, 1.807) is 12.4 Å². The number of hydrogen-bond acceptors (Lipinski definition) is 4. The van der Waals surface area contributed by atoms with Crippen molar-refractivity contribution in [1.82, 2.24) is 9.97 Å². The summed E-state index contributed by atoms with van der Waals surface area (Å²) in [6.45, 7) is 0. The highest BCUT2D eigenvalue weighted by Gasteiger charge is 2.15. The summed E-state index contributed by atoms with van der Waals surface area (Å²) in [4.78, 5) is 8.14. The molecule has 72 valence electrons. The Morgan fingerprint density at radius 2 is 1.93 bits per heavy atom. The molecule has 1 aliphatic carbocycles. The van der Waals surface area contributed by atoms with E-state index >= 15 is 0 Å². The van der Waals surface area contributed by atoms with E-state index in [4.69, 9.17) is 5.26 Å². The highest BCUT2D eigenvalue weighted by atomic mass is 15.1. The fraction of sp³-hybridized carbons (Fsp3) is 0.500. The van der Waals surface area contributed by atoms with Crippen molar-refractivity contribution < 1.29 is 0 Å². The summed E-state index contributed by atoms with van der Waals surface area (Å²) in [5.41, 5.74) is 0.502. The monoisotopic (exact) mass is 188 g/mol. The minimum absolute atomic E-state index is 0.502. The molecule has 0 amide bonds. The third kappa shape index (κ3) is 1.99. The first kappa shape index (κ1) is 8.95. The molecule has 4 nitrogen and oxygen atoms in total. The molecule has 1 saturated carbocycles. The largest absolute Gasteiger partial charge is 0.351 e. The molecule has 0 radical (unpaired) electrons. The van der Waals surface area contributed by atoms with E-state index in [1.807, 2.05) is 6.07 Å². The van der Waals surface area contributed by atoms with Gasteiger partial charge in [0.25, 0.3) is 0 Å². The molecule has 2 rings (SSSR count). The second-order valence-electron chi connectivity index (χ2n) is 3.53. The topological polar surface area (TPSA) is 61.6 Å². The van der Waals surface area contributed by atoms with Crippen LogP contribution in [0.4, 0.5) is 5.95 Å². The zero-order valence-electron chi connectivity index (χ0n) is 7.90. The summed E-state index contributed by atoms with van der Waals surface area (Å²) < 4.78 is 0. The highest BCUT2D eigenvalue weighted by Crippen LogP contribution is 2.20. The second-order valence-corrected chi connectivity index (χ2v) is 3.53. The smallest absolute Gasteiger partial charge is 0.222 e. The highest BCUT2D eigenvalue weighted by molar-refractivity contribution is 5.30. The molecule has 0 spiro atoms. The molecule has 1 heterocycles. The summed E-state index contributed by atoms with van der Waals surface area (Å²) >= 11 is 0. The summed E-state index contributed by atoms with van der Waals surface area (Å²) in [5.74, 6) is 0.635. The minimum atomic E-state index is 0.502. The van der Waals surface area contributed by atoms with Gasteiger partial charge in [0.05, 0.1) is 18.0 Å². The Kier molecular flexibility index (Phi) is 2.59. The molecule has 4 heteroatoms. The van der Waals surface area contributed by atoms with E-state index in [1.165, 1.54) is 25.7 Å². The van der Waals surface area contributed by atoms with Crippen LogP contribution in [0.1, 0.15) is 31.2 Å². The quantitative estimate of drug-likeness (QED) is 0.767. The predicted octanol–water partition coefficient (Wildman–Crippen LogP) is 1.70. The Morgan fingerprint density at radius 1 is 1.29 bits per heavy atom. The molecule has 1 fully saturated rings.